The zero-order valence-electron chi connectivity index (χ0n) is 11.7. The summed E-state index contributed by atoms with van der Waals surface area (Å²) in [5.41, 5.74) is -2.74. The molecule has 0 rings (SSSR count). The molecule has 0 unspecified atom stereocenters. The van der Waals surface area contributed by atoms with Crippen molar-refractivity contribution in [1.29, 1.82) is 0 Å². The second-order valence-electron chi connectivity index (χ2n) is 3.78. The number of esters is 3. The molecule has 0 aliphatic heterocycles. The van der Waals surface area contributed by atoms with E-state index in [4.69, 9.17) is 0 Å². The Balaban J connectivity index is 5.18. The fraction of sp³-hybridized carbons (Fsp3) is 0.750. The monoisotopic (exact) mass is 292 g/mol. The van der Waals surface area contributed by atoms with Gasteiger partial charge in [0.25, 0.3) is 0 Å². The van der Waals surface area contributed by atoms with E-state index >= 15 is 0 Å². The third-order valence-electron chi connectivity index (χ3n) is 2.31. The number of hydrogen-bond donors (Lipinski definition) is 2. The predicted molar refractivity (Wildman–Crippen MR) is 65.5 cm³/mol. The number of rotatable bonds is 8. The fourth-order valence-electron chi connectivity index (χ4n) is 1.38. The summed E-state index contributed by atoms with van der Waals surface area (Å²) in [6, 6.07) is 0. The van der Waals surface area contributed by atoms with E-state index in [1.807, 2.05) is 0 Å². The van der Waals surface area contributed by atoms with Crippen LogP contribution in [0.4, 0.5) is 0 Å². The summed E-state index contributed by atoms with van der Waals surface area (Å²) in [5, 5.41) is 19.9. The van der Waals surface area contributed by atoms with Crippen LogP contribution in [0.5, 0.6) is 0 Å². The van der Waals surface area contributed by atoms with Gasteiger partial charge in [0.15, 0.2) is 6.10 Å². The molecule has 2 atom stereocenters. The second kappa shape index (κ2) is 8.49. The quantitative estimate of drug-likeness (QED) is 0.439. The summed E-state index contributed by atoms with van der Waals surface area (Å²) in [6.45, 7) is 4.35. The first-order valence-corrected chi connectivity index (χ1v) is 6.23. The Morgan fingerprint density at radius 2 is 1.50 bits per heavy atom. The van der Waals surface area contributed by atoms with Crippen LogP contribution in [-0.4, -0.2) is 59.6 Å². The van der Waals surface area contributed by atoms with Gasteiger partial charge < -0.3 is 24.4 Å². The number of hydrogen-bond acceptors (Lipinski definition) is 8. The van der Waals surface area contributed by atoms with Crippen molar-refractivity contribution >= 4 is 17.9 Å². The Hall–Kier alpha value is -1.67. The van der Waals surface area contributed by atoms with E-state index < -0.39 is 36.0 Å². The van der Waals surface area contributed by atoms with E-state index in [2.05, 4.69) is 14.2 Å². The van der Waals surface area contributed by atoms with E-state index in [1.165, 1.54) is 20.8 Å². The van der Waals surface area contributed by atoms with Gasteiger partial charge in [-0.05, 0) is 20.8 Å². The number of aliphatic hydroxyl groups is 2. The van der Waals surface area contributed by atoms with Crippen LogP contribution < -0.4 is 0 Å². The highest BCUT2D eigenvalue weighted by molar-refractivity contribution is 5.92. The predicted octanol–water partition coefficient (Wildman–Crippen LogP) is -0.842. The van der Waals surface area contributed by atoms with Crippen molar-refractivity contribution in [2.24, 2.45) is 0 Å². The molecule has 0 aromatic carbocycles. The lowest BCUT2D eigenvalue weighted by Crippen LogP contribution is -2.55. The largest absolute Gasteiger partial charge is 0.466 e. The molecule has 8 nitrogen and oxygen atoms in total. The molecular formula is C12H20O8. The van der Waals surface area contributed by atoms with E-state index in [1.54, 1.807) is 0 Å². The van der Waals surface area contributed by atoms with Crippen LogP contribution in [0.3, 0.4) is 0 Å². The highest BCUT2D eigenvalue weighted by Crippen LogP contribution is 2.20. The number of ether oxygens (including phenoxy) is 3. The minimum atomic E-state index is -2.74. The van der Waals surface area contributed by atoms with Gasteiger partial charge in [-0.2, -0.15) is 0 Å². The molecule has 2 N–H and O–H groups in total. The van der Waals surface area contributed by atoms with Crippen molar-refractivity contribution in [3.05, 3.63) is 0 Å². The third-order valence-corrected chi connectivity index (χ3v) is 2.31. The van der Waals surface area contributed by atoms with Crippen molar-refractivity contribution in [3.8, 4) is 0 Å². The number of carbonyl (C=O) groups excluding carboxylic acids is 3. The molecule has 0 aromatic rings. The van der Waals surface area contributed by atoms with Crippen molar-refractivity contribution in [2.75, 3.05) is 19.8 Å². The Bertz CT molecular complexity index is 353. The molecule has 0 aliphatic carbocycles. The van der Waals surface area contributed by atoms with Crippen molar-refractivity contribution in [2.45, 2.75) is 38.9 Å². The van der Waals surface area contributed by atoms with Crippen molar-refractivity contribution in [1.82, 2.24) is 0 Å². The van der Waals surface area contributed by atoms with Gasteiger partial charge in [-0.25, -0.2) is 9.59 Å². The molecule has 0 saturated carbocycles. The molecule has 0 aliphatic rings. The molecule has 0 amide bonds. The van der Waals surface area contributed by atoms with E-state index in [9.17, 15) is 24.6 Å². The van der Waals surface area contributed by atoms with E-state index in [-0.39, 0.29) is 19.8 Å². The summed E-state index contributed by atoms with van der Waals surface area (Å²) < 4.78 is 13.7. The van der Waals surface area contributed by atoms with E-state index in [0.29, 0.717) is 0 Å². The molecule has 20 heavy (non-hydrogen) atoms. The van der Waals surface area contributed by atoms with Crippen LogP contribution in [0.15, 0.2) is 0 Å². The lowest BCUT2D eigenvalue weighted by Gasteiger charge is -2.28. The molecule has 0 spiro atoms. The Kier molecular flexibility index (Phi) is 7.78. The maximum atomic E-state index is 11.7. The molecule has 116 valence electrons. The highest BCUT2D eigenvalue weighted by atomic mass is 16.6. The normalized spacial score (nSPS) is 14.8. The molecule has 0 aromatic heterocycles. The van der Waals surface area contributed by atoms with Gasteiger partial charge in [0.2, 0.25) is 5.60 Å². The van der Waals surface area contributed by atoms with Gasteiger partial charge in [0.05, 0.1) is 26.2 Å². The molecule has 0 saturated heterocycles. The molecule has 0 bridgehead atoms. The molecular weight excluding hydrogens is 272 g/mol. The number of aliphatic hydroxyl groups excluding tert-OH is 1. The van der Waals surface area contributed by atoms with Crippen LogP contribution in [0, 0.1) is 0 Å². The highest BCUT2D eigenvalue weighted by Gasteiger charge is 2.51. The molecule has 0 fully saturated rings. The van der Waals surface area contributed by atoms with Crippen LogP contribution >= 0.6 is 0 Å². The van der Waals surface area contributed by atoms with Gasteiger partial charge in [-0.15, -0.1) is 0 Å². The molecule has 0 heterocycles. The Labute approximate surface area is 116 Å². The maximum Gasteiger partial charge on any atom is 0.342 e. The van der Waals surface area contributed by atoms with Gasteiger partial charge >= 0.3 is 17.9 Å². The zero-order chi connectivity index (χ0) is 15.8. The number of carbonyl (C=O) groups is 3. The summed E-state index contributed by atoms with van der Waals surface area (Å²) in [7, 11) is 0. The lowest BCUT2D eigenvalue weighted by molar-refractivity contribution is -0.194. The summed E-state index contributed by atoms with van der Waals surface area (Å²) >= 11 is 0. The zero-order valence-corrected chi connectivity index (χ0v) is 11.7. The van der Waals surface area contributed by atoms with Gasteiger partial charge in [-0.3, -0.25) is 4.79 Å². The molecule has 8 heteroatoms. The second-order valence-corrected chi connectivity index (χ2v) is 3.78. The fourth-order valence-corrected chi connectivity index (χ4v) is 1.38. The standard InChI is InChI=1S/C12H20O8/c1-4-18-8(13)7-12(17,11(16)20-6-3)9(14)10(15)19-5-2/h9,14,17H,4-7H2,1-3H3/t9-,12-/m0/s1. The first-order chi connectivity index (χ1) is 9.33. The minimum absolute atomic E-state index is 0.0211. The van der Waals surface area contributed by atoms with Crippen LogP contribution in [0.2, 0.25) is 0 Å². The average molecular weight is 292 g/mol. The molecule has 0 radical (unpaired) electrons. The topological polar surface area (TPSA) is 119 Å². The Morgan fingerprint density at radius 1 is 1.00 bits per heavy atom. The summed E-state index contributed by atoms with van der Waals surface area (Å²) in [4.78, 5) is 34.6. The first-order valence-electron chi connectivity index (χ1n) is 6.23. The summed E-state index contributed by atoms with van der Waals surface area (Å²) in [6.07, 6.45) is -3.16. The summed E-state index contributed by atoms with van der Waals surface area (Å²) in [5.74, 6) is -3.48. The van der Waals surface area contributed by atoms with Crippen LogP contribution in [0.25, 0.3) is 0 Å². The van der Waals surface area contributed by atoms with Crippen molar-refractivity contribution < 1.29 is 38.8 Å². The average Bonchev–Trinajstić information content (AvgIpc) is 2.38. The van der Waals surface area contributed by atoms with Crippen molar-refractivity contribution in [3.63, 3.8) is 0 Å². The van der Waals surface area contributed by atoms with Gasteiger partial charge in [0, 0.05) is 0 Å². The van der Waals surface area contributed by atoms with Crippen LogP contribution in [-0.2, 0) is 28.6 Å². The Morgan fingerprint density at radius 3 is 1.95 bits per heavy atom. The maximum absolute atomic E-state index is 11.7. The SMILES string of the molecule is CCOC(=O)C[C@@](O)(C(=O)OCC)[C@@H](O)C(=O)OCC. The first kappa shape index (κ1) is 18.3. The minimum Gasteiger partial charge on any atom is -0.466 e. The third kappa shape index (κ3) is 4.78. The van der Waals surface area contributed by atoms with E-state index in [0.717, 1.165) is 0 Å². The van der Waals surface area contributed by atoms with Gasteiger partial charge in [0.1, 0.15) is 0 Å². The van der Waals surface area contributed by atoms with Crippen LogP contribution in [0.1, 0.15) is 27.2 Å². The lowest BCUT2D eigenvalue weighted by atomic mass is 9.92. The smallest absolute Gasteiger partial charge is 0.342 e. The van der Waals surface area contributed by atoms with Gasteiger partial charge in [-0.1, -0.05) is 0 Å².